The van der Waals surface area contributed by atoms with Gasteiger partial charge in [-0.15, -0.1) is 0 Å². The molecule has 3 aromatic rings. The standard InChI is InChI=1S/C20H18ClN3O/c21-16-9-5-8-14-15(20(25)23-13-6-1-2-7-13)12-18(24-19(14)16)17-10-3-4-11-22-17/h3-5,8-13H,1-2,6-7H2,(H,23,25). The molecule has 4 rings (SSSR count). The van der Waals surface area contributed by atoms with Gasteiger partial charge in [0, 0.05) is 17.6 Å². The maximum atomic E-state index is 12.9. The molecule has 0 radical (unpaired) electrons. The number of benzene rings is 1. The van der Waals surface area contributed by atoms with Gasteiger partial charge in [-0.05, 0) is 37.1 Å². The normalized spacial score (nSPS) is 14.8. The maximum absolute atomic E-state index is 12.9. The van der Waals surface area contributed by atoms with E-state index in [0.717, 1.165) is 23.9 Å². The van der Waals surface area contributed by atoms with Gasteiger partial charge in [0.1, 0.15) is 0 Å². The first-order chi connectivity index (χ1) is 12.2. The Bertz CT molecular complexity index is 921. The lowest BCUT2D eigenvalue weighted by atomic mass is 10.0. The number of nitrogens with one attached hydrogen (secondary N) is 1. The van der Waals surface area contributed by atoms with E-state index in [1.807, 2.05) is 36.4 Å². The average Bonchev–Trinajstić information content (AvgIpc) is 3.15. The van der Waals surface area contributed by atoms with Crippen molar-refractivity contribution in [3.63, 3.8) is 0 Å². The molecular formula is C20H18ClN3O. The van der Waals surface area contributed by atoms with E-state index in [-0.39, 0.29) is 11.9 Å². The molecule has 1 fully saturated rings. The Labute approximate surface area is 151 Å². The number of amides is 1. The van der Waals surface area contributed by atoms with Crippen LogP contribution in [0, 0.1) is 0 Å². The topological polar surface area (TPSA) is 54.9 Å². The number of nitrogens with zero attached hydrogens (tertiary/aromatic N) is 2. The number of hydrogen-bond donors (Lipinski definition) is 1. The molecule has 0 bridgehead atoms. The summed E-state index contributed by atoms with van der Waals surface area (Å²) in [5, 5.41) is 4.45. The average molecular weight is 352 g/mol. The minimum absolute atomic E-state index is 0.0706. The summed E-state index contributed by atoms with van der Waals surface area (Å²) < 4.78 is 0. The molecule has 1 saturated carbocycles. The second-order valence-corrected chi connectivity index (χ2v) is 6.77. The number of rotatable bonds is 3. The molecule has 0 saturated heterocycles. The highest BCUT2D eigenvalue weighted by atomic mass is 35.5. The van der Waals surface area contributed by atoms with E-state index in [2.05, 4.69) is 15.3 Å². The Balaban J connectivity index is 1.83. The molecular weight excluding hydrogens is 334 g/mol. The summed E-state index contributed by atoms with van der Waals surface area (Å²) in [6, 6.07) is 13.2. The number of carbonyl (C=O) groups excluding carboxylic acids is 1. The second-order valence-electron chi connectivity index (χ2n) is 6.36. The van der Waals surface area contributed by atoms with Crippen molar-refractivity contribution >= 4 is 28.4 Å². The Morgan fingerprint density at radius 2 is 1.92 bits per heavy atom. The zero-order valence-electron chi connectivity index (χ0n) is 13.7. The van der Waals surface area contributed by atoms with Gasteiger partial charge >= 0.3 is 0 Å². The number of pyridine rings is 2. The highest BCUT2D eigenvalue weighted by molar-refractivity contribution is 6.35. The lowest BCUT2D eigenvalue weighted by Gasteiger charge is -2.14. The van der Waals surface area contributed by atoms with E-state index < -0.39 is 0 Å². The summed E-state index contributed by atoms with van der Waals surface area (Å²) in [5.74, 6) is -0.0706. The van der Waals surface area contributed by atoms with Crippen molar-refractivity contribution in [1.82, 2.24) is 15.3 Å². The minimum Gasteiger partial charge on any atom is -0.349 e. The Morgan fingerprint density at radius 1 is 1.08 bits per heavy atom. The van der Waals surface area contributed by atoms with Crippen LogP contribution in [-0.2, 0) is 0 Å². The Morgan fingerprint density at radius 3 is 2.68 bits per heavy atom. The van der Waals surface area contributed by atoms with E-state index in [9.17, 15) is 4.79 Å². The van der Waals surface area contributed by atoms with Crippen molar-refractivity contribution in [2.24, 2.45) is 0 Å². The molecule has 1 aromatic carbocycles. The predicted octanol–water partition coefficient (Wildman–Crippen LogP) is 4.62. The molecule has 2 aromatic heterocycles. The van der Waals surface area contributed by atoms with Gasteiger partial charge in [0.15, 0.2) is 0 Å². The second kappa shape index (κ2) is 6.81. The first kappa shape index (κ1) is 16.0. The fourth-order valence-corrected chi connectivity index (χ4v) is 3.60. The summed E-state index contributed by atoms with van der Waals surface area (Å²) in [5.41, 5.74) is 2.60. The van der Waals surface area contributed by atoms with E-state index >= 15 is 0 Å². The molecule has 2 heterocycles. The minimum atomic E-state index is -0.0706. The van der Waals surface area contributed by atoms with Crippen LogP contribution in [-0.4, -0.2) is 21.9 Å². The summed E-state index contributed by atoms with van der Waals surface area (Å²) in [6.07, 6.45) is 6.15. The van der Waals surface area contributed by atoms with Gasteiger partial charge in [-0.1, -0.05) is 42.6 Å². The van der Waals surface area contributed by atoms with Crippen LogP contribution in [0.2, 0.25) is 5.02 Å². The molecule has 0 spiro atoms. The molecule has 0 unspecified atom stereocenters. The molecule has 0 aliphatic heterocycles. The molecule has 0 atom stereocenters. The van der Waals surface area contributed by atoms with Crippen LogP contribution in [0.1, 0.15) is 36.0 Å². The van der Waals surface area contributed by atoms with Crippen molar-refractivity contribution in [2.45, 2.75) is 31.7 Å². The lowest BCUT2D eigenvalue weighted by Crippen LogP contribution is -2.32. The van der Waals surface area contributed by atoms with Gasteiger partial charge in [0.25, 0.3) is 5.91 Å². The number of aromatic nitrogens is 2. The molecule has 1 N–H and O–H groups in total. The van der Waals surface area contributed by atoms with E-state index in [4.69, 9.17) is 11.6 Å². The Hall–Kier alpha value is -2.46. The van der Waals surface area contributed by atoms with Gasteiger partial charge in [-0.2, -0.15) is 0 Å². The number of halogens is 1. The van der Waals surface area contributed by atoms with Gasteiger partial charge in [-0.25, -0.2) is 4.98 Å². The van der Waals surface area contributed by atoms with Crippen LogP contribution in [0.5, 0.6) is 0 Å². The first-order valence-corrected chi connectivity index (χ1v) is 8.92. The van der Waals surface area contributed by atoms with Gasteiger partial charge in [0.2, 0.25) is 0 Å². The van der Waals surface area contributed by atoms with E-state index in [0.29, 0.717) is 21.8 Å². The smallest absolute Gasteiger partial charge is 0.252 e. The SMILES string of the molecule is O=C(NC1CCCC1)c1cc(-c2ccccn2)nc2c(Cl)cccc12. The molecule has 1 amide bonds. The highest BCUT2D eigenvalue weighted by Crippen LogP contribution is 2.29. The summed E-state index contributed by atoms with van der Waals surface area (Å²) >= 11 is 6.35. The van der Waals surface area contributed by atoms with E-state index in [1.165, 1.54) is 12.8 Å². The quantitative estimate of drug-likeness (QED) is 0.748. The van der Waals surface area contributed by atoms with Crippen LogP contribution in [0.4, 0.5) is 0 Å². The van der Waals surface area contributed by atoms with Crippen molar-refractivity contribution in [1.29, 1.82) is 0 Å². The van der Waals surface area contributed by atoms with Crippen molar-refractivity contribution in [3.05, 3.63) is 59.2 Å². The molecule has 5 heteroatoms. The third-order valence-electron chi connectivity index (χ3n) is 4.65. The number of hydrogen-bond acceptors (Lipinski definition) is 3. The summed E-state index contributed by atoms with van der Waals surface area (Å²) in [4.78, 5) is 21.9. The summed E-state index contributed by atoms with van der Waals surface area (Å²) in [6.45, 7) is 0. The lowest BCUT2D eigenvalue weighted by molar-refractivity contribution is 0.0939. The molecule has 126 valence electrons. The third kappa shape index (κ3) is 3.22. The van der Waals surface area contributed by atoms with Crippen LogP contribution >= 0.6 is 11.6 Å². The van der Waals surface area contributed by atoms with Gasteiger partial charge in [-0.3, -0.25) is 9.78 Å². The fraction of sp³-hybridized carbons (Fsp3) is 0.250. The molecule has 25 heavy (non-hydrogen) atoms. The molecule has 4 nitrogen and oxygen atoms in total. The van der Waals surface area contributed by atoms with Crippen molar-refractivity contribution in [2.75, 3.05) is 0 Å². The maximum Gasteiger partial charge on any atom is 0.252 e. The Kier molecular flexibility index (Phi) is 4.36. The highest BCUT2D eigenvalue weighted by Gasteiger charge is 2.21. The van der Waals surface area contributed by atoms with Crippen LogP contribution in [0.3, 0.4) is 0 Å². The van der Waals surface area contributed by atoms with Gasteiger partial charge in [0.05, 0.1) is 27.5 Å². The van der Waals surface area contributed by atoms with Crippen LogP contribution in [0.15, 0.2) is 48.7 Å². The zero-order valence-corrected chi connectivity index (χ0v) is 14.5. The predicted molar refractivity (Wildman–Crippen MR) is 99.7 cm³/mol. The molecule has 1 aliphatic rings. The van der Waals surface area contributed by atoms with Crippen molar-refractivity contribution in [3.8, 4) is 11.4 Å². The monoisotopic (exact) mass is 351 g/mol. The van der Waals surface area contributed by atoms with Crippen LogP contribution in [0.25, 0.3) is 22.3 Å². The van der Waals surface area contributed by atoms with Gasteiger partial charge < -0.3 is 5.32 Å². The van der Waals surface area contributed by atoms with Crippen molar-refractivity contribution < 1.29 is 4.79 Å². The van der Waals surface area contributed by atoms with Crippen LogP contribution < -0.4 is 5.32 Å². The first-order valence-electron chi connectivity index (χ1n) is 8.54. The number of para-hydroxylation sites is 1. The summed E-state index contributed by atoms with van der Waals surface area (Å²) in [7, 11) is 0. The largest absolute Gasteiger partial charge is 0.349 e. The van der Waals surface area contributed by atoms with E-state index in [1.54, 1.807) is 12.3 Å². The number of carbonyl (C=O) groups is 1. The number of fused-ring (bicyclic) bond motifs is 1. The molecule has 1 aliphatic carbocycles. The third-order valence-corrected chi connectivity index (χ3v) is 4.96. The zero-order chi connectivity index (χ0) is 17.2. The fourth-order valence-electron chi connectivity index (χ4n) is 3.38.